The van der Waals surface area contributed by atoms with E-state index in [-0.39, 0.29) is 39.9 Å². The lowest BCUT2D eigenvalue weighted by Gasteiger charge is -2.30. The lowest BCUT2D eigenvalue weighted by molar-refractivity contribution is -0.153. The van der Waals surface area contributed by atoms with Crippen molar-refractivity contribution in [2.75, 3.05) is 0 Å². The molecule has 3 unspecified atom stereocenters. The van der Waals surface area contributed by atoms with Crippen LogP contribution in [0.15, 0.2) is 17.0 Å². The molecule has 0 radical (unpaired) electrons. The molecule has 4 nitrogen and oxygen atoms in total. The van der Waals surface area contributed by atoms with Gasteiger partial charge in [-0.05, 0) is 42.2 Å². The second-order valence-electron chi connectivity index (χ2n) is 9.87. The molecule has 1 aliphatic heterocycles. The highest BCUT2D eigenvalue weighted by atomic mass is 32.2. The highest BCUT2D eigenvalue weighted by molar-refractivity contribution is 8.00. The quantitative estimate of drug-likeness (QED) is 0.572. The van der Waals surface area contributed by atoms with Gasteiger partial charge in [0.2, 0.25) is 0 Å². The molecule has 1 saturated heterocycles. The molecule has 148 valence electrons. The molecule has 0 amide bonds. The van der Waals surface area contributed by atoms with Gasteiger partial charge in [-0.15, -0.1) is 11.8 Å². The second-order valence-corrected chi connectivity index (χ2v) is 11.2. The van der Waals surface area contributed by atoms with Crippen molar-refractivity contribution in [2.24, 2.45) is 11.8 Å². The van der Waals surface area contributed by atoms with Gasteiger partial charge in [0.1, 0.15) is 5.75 Å². The number of phenolic OH excluding ortho intramolecular Hbond substituents is 1. The maximum atomic E-state index is 11.9. The van der Waals surface area contributed by atoms with Gasteiger partial charge in [-0.3, -0.25) is 9.59 Å². The van der Waals surface area contributed by atoms with E-state index in [0.29, 0.717) is 18.6 Å². The number of benzene rings is 1. The van der Waals surface area contributed by atoms with Gasteiger partial charge in [0, 0.05) is 21.3 Å². The number of ether oxygens (including phenoxy) is 1. The zero-order valence-electron chi connectivity index (χ0n) is 17.1. The van der Waals surface area contributed by atoms with Gasteiger partial charge in [-0.2, -0.15) is 0 Å². The third-order valence-corrected chi connectivity index (χ3v) is 6.88. The van der Waals surface area contributed by atoms with E-state index in [9.17, 15) is 14.7 Å². The number of hydrogen-bond acceptors (Lipinski definition) is 5. The number of phenols is 1. The summed E-state index contributed by atoms with van der Waals surface area (Å²) in [7, 11) is 0. The molecule has 0 bridgehead atoms. The van der Waals surface area contributed by atoms with Gasteiger partial charge < -0.3 is 9.84 Å². The van der Waals surface area contributed by atoms with Crippen molar-refractivity contribution in [1.29, 1.82) is 0 Å². The molecule has 1 saturated carbocycles. The van der Waals surface area contributed by atoms with Gasteiger partial charge in [-0.1, -0.05) is 41.5 Å². The number of aromatic hydroxyl groups is 1. The number of rotatable bonds is 2. The van der Waals surface area contributed by atoms with Crippen LogP contribution in [0.2, 0.25) is 0 Å². The molecule has 1 heterocycles. The predicted molar refractivity (Wildman–Crippen MR) is 107 cm³/mol. The van der Waals surface area contributed by atoms with Gasteiger partial charge in [0.05, 0.1) is 11.8 Å². The van der Waals surface area contributed by atoms with Gasteiger partial charge in [0.15, 0.2) is 0 Å². The average Bonchev–Trinajstić information content (AvgIpc) is 2.81. The zero-order chi connectivity index (χ0) is 20.1. The maximum Gasteiger partial charge on any atom is 0.317 e. The molecule has 2 fully saturated rings. The van der Waals surface area contributed by atoms with E-state index >= 15 is 0 Å². The van der Waals surface area contributed by atoms with Crippen LogP contribution >= 0.6 is 11.8 Å². The average molecular weight is 391 g/mol. The van der Waals surface area contributed by atoms with Crippen LogP contribution in [-0.4, -0.2) is 22.3 Å². The second kappa shape index (κ2) is 6.84. The first-order valence-electron chi connectivity index (χ1n) is 9.68. The molecule has 0 spiro atoms. The fourth-order valence-electron chi connectivity index (χ4n) is 4.04. The Labute approximate surface area is 166 Å². The lowest BCUT2D eigenvalue weighted by atomic mass is 9.79. The molecule has 1 aromatic carbocycles. The molecule has 1 aromatic rings. The lowest BCUT2D eigenvalue weighted by Crippen LogP contribution is -2.28. The molecule has 3 rings (SSSR count). The fraction of sp³-hybridized carbons (Fsp3) is 0.636. The normalized spacial score (nSPS) is 26.1. The molecule has 0 aromatic heterocycles. The van der Waals surface area contributed by atoms with Crippen molar-refractivity contribution in [3.8, 4) is 5.75 Å². The Balaban J connectivity index is 1.89. The summed E-state index contributed by atoms with van der Waals surface area (Å²) >= 11 is 1.76. The van der Waals surface area contributed by atoms with E-state index in [2.05, 4.69) is 53.7 Å². The van der Waals surface area contributed by atoms with Crippen LogP contribution in [0, 0.1) is 11.8 Å². The Morgan fingerprint density at radius 1 is 0.926 bits per heavy atom. The fourth-order valence-corrected chi connectivity index (χ4v) is 5.36. The molecule has 27 heavy (non-hydrogen) atoms. The van der Waals surface area contributed by atoms with E-state index in [1.54, 1.807) is 11.8 Å². The number of carbonyl (C=O) groups excluding carboxylic acids is 2. The van der Waals surface area contributed by atoms with Crippen molar-refractivity contribution >= 4 is 23.7 Å². The third-order valence-electron chi connectivity index (χ3n) is 5.61. The smallest absolute Gasteiger partial charge is 0.317 e. The summed E-state index contributed by atoms with van der Waals surface area (Å²) in [6.45, 7) is 12.6. The van der Waals surface area contributed by atoms with Crippen LogP contribution in [0.25, 0.3) is 0 Å². The summed E-state index contributed by atoms with van der Waals surface area (Å²) < 4.78 is 4.83. The van der Waals surface area contributed by atoms with Crippen LogP contribution < -0.4 is 0 Å². The van der Waals surface area contributed by atoms with Crippen LogP contribution in [0.3, 0.4) is 0 Å². The highest BCUT2D eigenvalue weighted by Crippen LogP contribution is 2.46. The molecule has 1 N–H and O–H groups in total. The topological polar surface area (TPSA) is 63.6 Å². The number of thioether (sulfide) groups is 1. The number of fused-ring (bicyclic) bond motifs is 1. The van der Waals surface area contributed by atoms with Crippen LogP contribution in [0.1, 0.15) is 71.9 Å². The number of cyclic esters (lactones) is 2. The Morgan fingerprint density at radius 3 is 1.96 bits per heavy atom. The molecule has 3 atom stereocenters. The minimum atomic E-state index is -0.355. The minimum absolute atomic E-state index is 0.167. The Kier molecular flexibility index (Phi) is 5.13. The summed E-state index contributed by atoms with van der Waals surface area (Å²) in [6, 6.07) is 4.17. The maximum absolute atomic E-state index is 11.9. The Bertz CT molecular complexity index is 734. The van der Waals surface area contributed by atoms with E-state index in [0.717, 1.165) is 22.4 Å². The van der Waals surface area contributed by atoms with Crippen molar-refractivity contribution in [2.45, 2.75) is 81.8 Å². The summed E-state index contributed by atoms with van der Waals surface area (Å²) in [6.07, 6.45) is 2.28. The van der Waals surface area contributed by atoms with Gasteiger partial charge in [-0.25, -0.2) is 0 Å². The summed E-state index contributed by atoms with van der Waals surface area (Å²) in [5.41, 5.74) is 1.56. The largest absolute Gasteiger partial charge is 0.507 e. The van der Waals surface area contributed by atoms with Gasteiger partial charge in [0.25, 0.3) is 0 Å². The predicted octanol–water partition coefficient (Wildman–Crippen LogP) is 4.95. The molecule has 2 aliphatic rings. The van der Waals surface area contributed by atoms with Crippen LogP contribution in [-0.2, 0) is 25.2 Å². The Hall–Kier alpha value is -1.49. The van der Waals surface area contributed by atoms with Crippen molar-refractivity contribution in [3.05, 3.63) is 23.3 Å². The van der Waals surface area contributed by atoms with Gasteiger partial charge >= 0.3 is 11.9 Å². The van der Waals surface area contributed by atoms with E-state index in [1.807, 2.05) is 0 Å². The molecular weight excluding hydrogens is 360 g/mol. The first kappa shape index (κ1) is 20.2. The number of carbonyl (C=O) groups is 2. The van der Waals surface area contributed by atoms with Crippen LogP contribution in [0.4, 0.5) is 0 Å². The standard InChI is InChI=1S/C22H30O4S/c1-21(2,3)16-10-13(11-17(18(16)23)22(4,5)6)27-12-7-8-14-15(9-12)20(25)26-19(14)24/h10-12,14-15,23H,7-9H2,1-6H3. The van der Waals surface area contributed by atoms with Crippen molar-refractivity contribution < 1.29 is 19.4 Å². The molecule has 5 heteroatoms. The first-order chi connectivity index (χ1) is 12.4. The number of esters is 2. The SMILES string of the molecule is CC(C)(C)c1cc(SC2CCC3C(=O)OC(=O)C3C2)cc(C(C)(C)C)c1O. The highest BCUT2D eigenvalue weighted by Gasteiger charge is 2.47. The van der Waals surface area contributed by atoms with E-state index in [1.165, 1.54) is 0 Å². The third kappa shape index (κ3) is 4.03. The first-order valence-corrected chi connectivity index (χ1v) is 10.6. The van der Waals surface area contributed by atoms with Crippen molar-refractivity contribution in [1.82, 2.24) is 0 Å². The summed E-state index contributed by atoms with van der Waals surface area (Å²) in [5.74, 6) is -0.850. The summed E-state index contributed by atoms with van der Waals surface area (Å²) in [5, 5.41) is 11.1. The van der Waals surface area contributed by atoms with E-state index in [4.69, 9.17) is 4.74 Å². The molecule has 1 aliphatic carbocycles. The van der Waals surface area contributed by atoms with Crippen LogP contribution in [0.5, 0.6) is 5.75 Å². The van der Waals surface area contributed by atoms with Crippen molar-refractivity contribution in [3.63, 3.8) is 0 Å². The Morgan fingerprint density at radius 2 is 1.44 bits per heavy atom. The monoisotopic (exact) mass is 390 g/mol. The zero-order valence-corrected chi connectivity index (χ0v) is 17.9. The molecular formula is C22H30O4S. The number of hydrogen-bond donors (Lipinski definition) is 1. The minimum Gasteiger partial charge on any atom is -0.507 e. The van der Waals surface area contributed by atoms with E-state index < -0.39 is 0 Å². The summed E-state index contributed by atoms with van der Waals surface area (Å²) in [4.78, 5) is 24.8.